The monoisotopic (exact) mass is 680 g/mol. The predicted octanol–water partition coefficient (Wildman–Crippen LogP) is 6.67. The standard InChI is InChI=1S/C36H33BrN4O3S/c1-20-7-16-30(21(2)17-20)39-34(42)32-23(4)38-36-41(33(32)25-8-14-29(44-6)15-9-25)35(43)31(45-36)19-26-18-22(3)40(24(26)5)28-12-10-27(37)11-13-28/h7-19,33H,1-6H3,(H,39,42)/b31-19-/t33-/m0/s1. The molecule has 1 atom stereocenters. The Morgan fingerprint density at radius 2 is 1.69 bits per heavy atom. The summed E-state index contributed by atoms with van der Waals surface area (Å²) in [5, 5.41) is 3.09. The number of rotatable bonds is 6. The Hall–Kier alpha value is -4.47. The molecule has 1 amide bonds. The van der Waals surface area contributed by atoms with Crippen LogP contribution in [0.15, 0.2) is 98.3 Å². The van der Waals surface area contributed by atoms with Gasteiger partial charge in [-0.15, -0.1) is 0 Å². The van der Waals surface area contributed by atoms with Crippen molar-refractivity contribution in [1.82, 2.24) is 9.13 Å². The highest BCUT2D eigenvalue weighted by Gasteiger charge is 2.33. The van der Waals surface area contributed by atoms with E-state index in [1.54, 1.807) is 11.7 Å². The van der Waals surface area contributed by atoms with Crippen molar-refractivity contribution in [1.29, 1.82) is 0 Å². The van der Waals surface area contributed by atoms with Gasteiger partial charge in [-0.1, -0.05) is 57.1 Å². The van der Waals surface area contributed by atoms with Crippen LogP contribution in [0.1, 0.15) is 46.6 Å². The van der Waals surface area contributed by atoms with E-state index >= 15 is 0 Å². The van der Waals surface area contributed by atoms with Crippen LogP contribution in [-0.4, -0.2) is 22.2 Å². The van der Waals surface area contributed by atoms with E-state index in [-0.39, 0.29) is 11.5 Å². The molecule has 0 saturated heterocycles. The third-order valence-electron chi connectivity index (χ3n) is 8.17. The number of carbonyl (C=O) groups is 1. The van der Waals surface area contributed by atoms with Gasteiger partial charge in [0, 0.05) is 27.2 Å². The van der Waals surface area contributed by atoms with Crippen molar-refractivity contribution in [3.05, 3.63) is 142 Å². The van der Waals surface area contributed by atoms with E-state index < -0.39 is 6.04 Å². The Morgan fingerprint density at radius 1 is 0.978 bits per heavy atom. The molecule has 1 N–H and O–H groups in total. The number of amides is 1. The SMILES string of the molecule is COc1ccc([C@H]2C(C(=O)Nc3ccc(C)cc3C)=C(C)N=c3s/c(=C\c4cc(C)n(-c5ccc(Br)cc5)c4C)c(=O)n32)cc1. The number of benzene rings is 3. The minimum absolute atomic E-state index is 0.197. The average molecular weight is 682 g/mol. The zero-order valence-electron chi connectivity index (χ0n) is 25.9. The summed E-state index contributed by atoms with van der Waals surface area (Å²) in [6.07, 6.45) is 1.93. The molecular weight excluding hydrogens is 648 g/mol. The van der Waals surface area contributed by atoms with E-state index in [9.17, 15) is 9.59 Å². The quantitative estimate of drug-likeness (QED) is 0.218. The molecule has 228 valence electrons. The van der Waals surface area contributed by atoms with E-state index in [1.165, 1.54) is 11.3 Å². The maximum Gasteiger partial charge on any atom is 0.271 e. The predicted molar refractivity (Wildman–Crippen MR) is 184 cm³/mol. The van der Waals surface area contributed by atoms with Gasteiger partial charge in [-0.3, -0.25) is 14.2 Å². The number of hydrogen-bond donors (Lipinski definition) is 1. The molecule has 0 spiro atoms. The van der Waals surface area contributed by atoms with Gasteiger partial charge in [-0.25, -0.2) is 4.99 Å². The van der Waals surface area contributed by atoms with Crippen LogP contribution in [0.4, 0.5) is 5.69 Å². The molecule has 3 aromatic carbocycles. The van der Waals surface area contributed by atoms with Crippen LogP contribution in [-0.2, 0) is 4.79 Å². The first kappa shape index (κ1) is 30.6. The van der Waals surface area contributed by atoms with Crippen molar-refractivity contribution >= 4 is 44.9 Å². The lowest BCUT2D eigenvalue weighted by molar-refractivity contribution is -0.113. The van der Waals surface area contributed by atoms with Crippen molar-refractivity contribution in [2.24, 2.45) is 4.99 Å². The Bertz CT molecular complexity index is 2170. The first-order valence-corrected chi connectivity index (χ1v) is 16.2. The van der Waals surface area contributed by atoms with Crippen molar-refractivity contribution in [2.45, 2.75) is 40.7 Å². The van der Waals surface area contributed by atoms with Gasteiger partial charge >= 0.3 is 0 Å². The number of anilines is 1. The van der Waals surface area contributed by atoms with E-state index in [1.807, 2.05) is 81.4 Å². The Kier molecular flexibility index (Phi) is 8.24. The fourth-order valence-electron chi connectivity index (χ4n) is 5.92. The molecule has 1 aliphatic heterocycles. The summed E-state index contributed by atoms with van der Waals surface area (Å²) in [7, 11) is 1.61. The summed E-state index contributed by atoms with van der Waals surface area (Å²) in [6, 6.07) is 22.9. The highest BCUT2D eigenvalue weighted by Crippen LogP contribution is 2.32. The molecular formula is C36H33BrN4O3S. The number of carbonyl (C=O) groups excluding carboxylic acids is 1. The first-order valence-electron chi connectivity index (χ1n) is 14.6. The second kappa shape index (κ2) is 12.1. The van der Waals surface area contributed by atoms with Gasteiger partial charge in [0.1, 0.15) is 5.75 Å². The number of nitrogens with zero attached hydrogens (tertiary/aromatic N) is 3. The molecule has 0 saturated carbocycles. The van der Waals surface area contributed by atoms with Gasteiger partial charge in [0.15, 0.2) is 4.80 Å². The van der Waals surface area contributed by atoms with Crippen molar-refractivity contribution < 1.29 is 9.53 Å². The Labute approximate surface area is 274 Å². The van der Waals surface area contributed by atoms with Gasteiger partial charge in [0.25, 0.3) is 11.5 Å². The highest BCUT2D eigenvalue weighted by molar-refractivity contribution is 9.10. The second-order valence-electron chi connectivity index (χ2n) is 11.3. The number of methoxy groups -OCH3 is 1. The third-order valence-corrected chi connectivity index (χ3v) is 9.68. The van der Waals surface area contributed by atoms with Crippen molar-refractivity contribution in [3.63, 3.8) is 0 Å². The highest BCUT2D eigenvalue weighted by atomic mass is 79.9. The number of thiazole rings is 1. The third kappa shape index (κ3) is 5.74. The number of ether oxygens (including phenoxy) is 1. The van der Waals surface area contributed by atoms with Gasteiger partial charge in [0.05, 0.1) is 29.0 Å². The summed E-state index contributed by atoms with van der Waals surface area (Å²) in [5.41, 5.74) is 8.46. The molecule has 0 fully saturated rings. The van der Waals surface area contributed by atoms with E-state index in [0.717, 1.165) is 49.5 Å². The molecule has 6 rings (SSSR count). The minimum atomic E-state index is -0.671. The van der Waals surface area contributed by atoms with Crippen LogP contribution in [0, 0.1) is 27.7 Å². The summed E-state index contributed by atoms with van der Waals surface area (Å²) in [6.45, 7) is 9.92. The van der Waals surface area contributed by atoms with Gasteiger partial charge < -0.3 is 14.6 Å². The second-order valence-corrected chi connectivity index (χ2v) is 13.2. The molecule has 3 heterocycles. The average Bonchev–Trinajstić information content (AvgIpc) is 3.47. The lowest BCUT2D eigenvalue weighted by Gasteiger charge is -2.25. The van der Waals surface area contributed by atoms with Gasteiger partial charge in [-0.2, -0.15) is 0 Å². The minimum Gasteiger partial charge on any atom is -0.497 e. The smallest absolute Gasteiger partial charge is 0.271 e. The van der Waals surface area contributed by atoms with E-state index in [2.05, 4.69) is 57.9 Å². The summed E-state index contributed by atoms with van der Waals surface area (Å²) in [4.78, 5) is 33.6. The fourth-order valence-corrected chi connectivity index (χ4v) is 7.22. The van der Waals surface area contributed by atoms with E-state index in [4.69, 9.17) is 9.73 Å². The summed E-state index contributed by atoms with van der Waals surface area (Å²) >= 11 is 4.85. The van der Waals surface area contributed by atoms with Gasteiger partial charge in [-0.05, 0) is 106 Å². The van der Waals surface area contributed by atoms with Crippen molar-refractivity contribution in [3.8, 4) is 11.4 Å². The fraction of sp³-hybridized carbons (Fsp3) is 0.194. The topological polar surface area (TPSA) is 77.6 Å². The molecule has 0 radical (unpaired) electrons. The molecule has 2 aromatic heterocycles. The number of hydrogen-bond acceptors (Lipinski definition) is 5. The lowest BCUT2D eigenvalue weighted by atomic mass is 9.95. The van der Waals surface area contributed by atoms with E-state index in [0.29, 0.717) is 26.4 Å². The summed E-state index contributed by atoms with van der Waals surface area (Å²) in [5.74, 6) is 0.394. The zero-order chi connectivity index (χ0) is 32.0. The van der Waals surface area contributed by atoms with Crippen molar-refractivity contribution in [2.75, 3.05) is 12.4 Å². The number of aryl methyl sites for hydroxylation is 3. The number of nitrogens with one attached hydrogen (secondary N) is 1. The Morgan fingerprint density at radius 3 is 2.36 bits per heavy atom. The van der Waals surface area contributed by atoms with Crippen LogP contribution in [0.2, 0.25) is 0 Å². The number of aromatic nitrogens is 2. The largest absolute Gasteiger partial charge is 0.497 e. The maximum absolute atomic E-state index is 14.3. The van der Waals surface area contributed by atoms with Gasteiger partial charge in [0.2, 0.25) is 0 Å². The van der Waals surface area contributed by atoms with Crippen LogP contribution in [0.25, 0.3) is 11.8 Å². The molecule has 7 nitrogen and oxygen atoms in total. The first-order chi connectivity index (χ1) is 21.5. The van der Waals surface area contributed by atoms with Crippen LogP contribution in [0.5, 0.6) is 5.75 Å². The molecule has 9 heteroatoms. The molecule has 45 heavy (non-hydrogen) atoms. The number of allylic oxidation sites excluding steroid dienone is 1. The molecule has 0 unspecified atom stereocenters. The molecule has 1 aliphatic rings. The lowest BCUT2D eigenvalue weighted by Crippen LogP contribution is -2.40. The van der Waals surface area contributed by atoms with Crippen LogP contribution >= 0.6 is 27.3 Å². The Balaban J connectivity index is 1.48. The number of fused-ring (bicyclic) bond motifs is 1. The number of halogens is 1. The normalized spacial score (nSPS) is 14.7. The maximum atomic E-state index is 14.3. The van der Waals surface area contributed by atoms with Crippen LogP contribution < -0.4 is 24.9 Å². The molecule has 0 aliphatic carbocycles. The molecule has 5 aromatic rings. The van der Waals surface area contributed by atoms with Crippen LogP contribution in [0.3, 0.4) is 0 Å². The zero-order valence-corrected chi connectivity index (χ0v) is 28.3. The summed E-state index contributed by atoms with van der Waals surface area (Å²) < 4.78 is 10.8. The molecule has 0 bridgehead atoms.